The highest BCUT2D eigenvalue weighted by atomic mass is 35.5. The largest absolute Gasteiger partial charge is 0.321 e. The summed E-state index contributed by atoms with van der Waals surface area (Å²) in [6.45, 7) is 1.49. The average Bonchev–Trinajstić information content (AvgIpc) is 2.41. The Morgan fingerprint density at radius 1 is 1.33 bits per heavy atom. The van der Waals surface area contributed by atoms with Crippen LogP contribution in [0.15, 0.2) is 36.4 Å². The van der Waals surface area contributed by atoms with E-state index in [0.29, 0.717) is 0 Å². The Hall–Kier alpha value is -2.47. The van der Waals surface area contributed by atoms with Crippen molar-refractivity contribution in [2.75, 3.05) is 5.32 Å². The van der Waals surface area contributed by atoms with Gasteiger partial charge in [-0.25, -0.2) is 4.39 Å². The SMILES string of the molecule is Cc1c(C(=O)Nc2ccc(F)cc2Cl)cccc1[N+](=O)[O-]. The molecule has 5 nitrogen and oxygen atoms in total. The first kappa shape index (κ1) is 14.9. The number of nitro benzene ring substituents is 1. The van der Waals surface area contributed by atoms with Crippen LogP contribution in [-0.4, -0.2) is 10.8 Å². The molecule has 1 N–H and O–H groups in total. The molecule has 0 aliphatic carbocycles. The predicted octanol–water partition coefficient (Wildman–Crippen LogP) is 3.95. The van der Waals surface area contributed by atoms with Gasteiger partial charge < -0.3 is 5.32 Å². The van der Waals surface area contributed by atoms with E-state index in [2.05, 4.69) is 5.32 Å². The molecule has 0 fully saturated rings. The summed E-state index contributed by atoms with van der Waals surface area (Å²) in [4.78, 5) is 22.5. The molecule has 0 heterocycles. The van der Waals surface area contributed by atoms with Crippen molar-refractivity contribution in [3.05, 3.63) is 68.5 Å². The molecule has 0 spiro atoms. The molecular formula is C14H10ClFN2O3. The molecule has 2 aromatic carbocycles. The summed E-state index contributed by atoms with van der Waals surface area (Å²) in [5, 5.41) is 13.4. The van der Waals surface area contributed by atoms with E-state index in [4.69, 9.17) is 11.6 Å². The molecule has 0 aromatic heterocycles. The Kier molecular flexibility index (Phi) is 4.18. The molecule has 0 radical (unpaired) electrons. The number of carbonyl (C=O) groups is 1. The lowest BCUT2D eigenvalue weighted by molar-refractivity contribution is -0.385. The fourth-order valence-electron chi connectivity index (χ4n) is 1.85. The second-order valence-corrected chi connectivity index (χ2v) is 4.69. The highest BCUT2D eigenvalue weighted by Gasteiger charge is 2.18. The van der Waals surface area contributed by atoms with E-state index in [0.717, 1.165) is 12.1 Å². The number of halogens is 2. The summed E-state index contributed by atoms with van der Waals surface area (Å²) in [7, 11) is 0. The van der Waals surface area contributed by atoms with Crippen molar-refractivity contribution < 1.29 is 14.1 Å². The van der Waals surface area contributed by atoms with Crippen LogP contribution in [0.4, 0.5) is 15.8 Å². The molecule has 2 aromatic rings. The molecule has 7 heteroatoms. The highest BCUT2D eigenvalue weighted by Crippen LogP contribution is 2.25. The van der Waals surface area contributed by atoms with Gasteiger partial charge in [-0.15, -0.1) is 0 Å². The maximum absolute atomic E-state index is 12.9. The van der Waals surface area contributed by atoms with Crippen LogP contribution < -0.4 is 5.32 Å². The third-order valence-corrected chi connectivity index (χ3v) is 3.24. The summed E-state index contributed by atoms with van der Waals surface area (Å²) in [5.41, 5.74) is 0.490. The summed E-state index contributed by atoms with van der Waals surface area (Å²) in [6, 6.07) is 7.75. The molecule has 0 saturated heterocycles. The second kappa shape index (κ2) is 5.88. The molecule has 0 saturated carbocycles. The zero-order chi connectivity index (χ0) is 15.6. The number of amides is 1. The Morgan fingerprint density at radius 2 is 2.05 bits per heavy atom. The van der Waals surface area contributed by atoms with Crippen molar-refractivity contribution in [1.82, 2.24) is 0 Å². The minimum absolute atomic E-state index is 0.0476. The number of carbonyl (C=O) groups excluding carboxylic acids is 1. The van der Waals surface area contributed by atoms with Gasteiger partial charge in [-0.3, -0.25) is 14.9 Å². The van der Waals surface area contributed by atoms with Gasteiger partial charge in [0.15, 0.2) is 0 Å². The third-order valence-electron chi connectivity index (χ3n) is 2.93. The van der Waals surface area contributed by atoms with Crippen LogP contribution in [0.2, 0.25) is 5.02 Å². The molecule has 0 atom stereocenters. The maximum Gasteiger partial charge on any atom is 0.273 e. The van der Waals surface area contributed by atoms with Crippen LogP contribution in [-0.2, 0) is 0 Å². The van der Waals surface area contributed by atoms with E-state index in [-0.39, 0.29) is 27.5 Å². The predicted molar refractivity (Wildman–Crippen MR) is 77.2 cm³/mol. The molecule has 0 unspecified atom stereocenters. The number of nitrogens with zero attached hydrogens (tertiary/aromatic N) is 1. The molecular weight excluding hydrogens is 299 g/mol. The number of anilines is 1. The summed E-state index contributed by atoms with van der Waals surface area (Å²) in [6.07, 6.45) is 0. The first-order chi connectivity index (χ1) is 9.90. The number of rotatable bonds is 3. The zero-order valence-electron chi connectivity index (χ0n) is 10.9. The molecule has 1 amide bonds. The van der Waals surface area contributed by atoms with Crippen molar-refractivity contribution in [2.45, 2.75) is 6.92 Å². The quantitative estimate of drug-likeness (QED) is 0.689. The van der Waals surface area contributed by atoms with E-state index < -0.39 is 16.6 Å². The van der Waals surface area contributed by atoms with Crippen LogP contribution in [0, 0.1) is 22.9 Å². The summed E-state index contributed by atoms with van der Waals surface area (Å²) >= 11 is 5.82. The Balaban J connectivity index is 2.33. The van der Waals surface area contributed by atoms with Crippen molar-refractivity contribution in [2.24, 2.45) is 0 Å². The van der Waals surface area contributed by atoms with E-state index in [1.165, 1.54) is 31.2 Å². The molecule has 21 heavy (non-hydrogen) atoms. The van der Waals surface area contributed by atoms with E-state index in [1.54, 1.807) is 0 Å². The first-order valence-electron chi connectivity index (χ1n) is 5.90. The molecule has 0 aliphatic rings. The minimum atomic E-state index is -0.559. The van der Waals surface area contributed by atoms with Crippen molar-refractivity contribution in [3.8, 4) is 0 Å². The van der Waals surface area contributed by atoms with Gasteiger partial charge in [0.05, 0.1) is 15.6 Å². The van der Waals surface area contributed by atoms with Gasteiger partial charge in [-0.05, 0) is 31.2 Å². The van der Waals surface area contributed by atoms with Gasteiger partial charge >= 0.3 is 0 Å². The molecule has 2 rings (SSSR count). The van der Waals surface area contributed by atoms with Crippen molar-refractivity contribution in [1.29, 1.82) is 0 Å². The lowest BCUT2D eigenvalue weighted by Crippen LogP contribution is -2.14. The highest BCUT2D eigenvalue weighted by molar-refractivity contribution is 6.33. The van der Waals surface area contributed by atoms with Gasteiger partial charge in [0, 0.05) is 17.2 Å². The fraction of sp³-hybridized carbons (Fsp3) is 0.0714. The van der Waals surface area contributed by atoms with Crippen LogP contribution in [0.25, 0.3) is 0 Å². The minimum Gasteiger partial charge on any atom is -0.321 e. The lowest BCUT2D eigenvalue weighted by atomic mass is 10.1. The maximum atomic E-state index is 12.9. The van der Waals surface area contributed by atoms with Crippen LogP contribution in [0.1, 0.15) is 15.9 Å². The Morgan fingerprint density at radius 3 is 2.67 bits per heavy atom. The second-order valence-electron chi connectivity index (χ2n) is 4.29. The lowest BCUT2D eigenvalue weighted by Gasteiger charge is -2.09. The number of nitrogens with one attached hydrogen (secondary N) is 1. The summed E-state index contributed by atoms with van der Waals surface area (Å²) in [5.74, 6) is -1.07. The fourth-order valence-corrected chi connectivity index (χ4v) is 2.06. The van der Waals surface area contributed by atoms with Crippen LogP contribution >= 0.6 is 11.6 Å². The van der Waals surface area contributed by atoms with E-state index in [1.807, 2.05) is 0 Å². The van der Waals surface area contributed by atoms with E-state index >= 15 is 0 Å². The normalized spacial score (nSPS) is 10.2. The van der Waals surface area contributed by atoms with Gasteiger partial charge in [0.2, 0.25) is 0 Å². The molecule has 108 valence electrons. The number of hydrogen-bond donors (Lipinski definition) is 1. The molecule has 0 aliphatic heterocycles. The number of benzene rings is 2. The van der Waals surface area contributed by atoms with Gasteiger partial charge in [-0.2, -0.15) is 0 Å². The van der Waals surface area contributed by atoms with Gasteiger partial charge in [0.1, 0.15) is 5.82 Å². The Bertz CT molecular complexity index is 734. The topological polar surface area (TPSA) is 72.2 Å². The van der Waals surface area contributed by atoms with Gasteiger partial charge in [0.25, 0.3) is 11.6 Å². The van der Waals surface area contributed by atoms with Crippen LogP contribution in [0.3, 0.4) is 0 Å². The summed E-state index contributed by atoms with van der Waals surface area (Å²) < 4.78 is 12.9. The van der Waals surface area contributed by atoms with Crippen molar-refractivity contribution >= 4 is 28.9 Å². The smallest absolute Gasteiger partial charge is 0.273 e. The zero-order valence-corrected chi connectivity index (χ0v) is 11.6. The standard InChI is InChI=1S/C14H10ClFN2O3/c1-8-10(3-2-4-13(8)18(20)21)14(19)17-12-6-5-9(16)7-11(12)15/h2-7H,1H3,(H,17,19). The van der Waals surface area contributed by atoms with Crippen LogP contribution in [0.5, 0.6) is 0 Å². The van der Waals surface area contributed by atoms with Crippen molar-refractivity contribution in [3.63, 3.8) is 0 Å². The number of nitro groups is 1. The Labute approximate surface area is 124 Å². The van der Waals surface area contributed by atoms with E-state index in [9.17, 15) is 19.3 Å². The van der Waals surface area contributed by atoms with Gasteiger partial charge in [-0.1, -0.05) is 17.7 Å². The monoisotopic (exact) mass is 308 g/mol. The first-order valence-corrected chi connectivity index (χ1v) is 6.28. The molecule has 0 bridgehead atoms. The average molecular weight is 309 g/mol. The number of hydrogen-bond acceptors (Lipinski definition) is 3. The third kappa shape index (κ3) is 3.17.